The number of alkyl halides is 5. The molecule has 0 bridgehead atoms. The molecule has 1 atom stereocenters. The molecule has 6 nitrogen and oxygen atoms in total. The molecular formula is C18H14F5N5O. The summed E-state index contributed by atoms with van der Waals surface area (Å²) in [6.45, 7) is -0.698. The lowest BCUT2D eigenvalue weighted by Crippen LogP contribution is -2.43. The highest BCUT2D eigenvalue weighted by Crippen LogP contribution is 2.42. The number of nitrogens with zero attached hydrogens (tertiary/aromatic N) is 4. The van der Waals surface area contributed by atoms with Crippen molar-refractivity contribution in [2.24, 2.45) is 0 Å². The molecule has 0 saturated carbocycles. The minimum atomic E-state index is -4.63. The first-order valence-electron chi connectivity index (χ1n) is 8.71. The molecule has 0 spiro atoms. The number of likely N-dealkylation sites (tertiary alicyclic amines) is 1. The molecule has 1 aromatic carbocycles. The topological polar surface area (TPSA) is 76.0 Å². The van der Waals surface area contributed by atoms with Gasteiger partial charge in [0.05, 0.1) is 12.7 Å². The van der Waals surface area contributed by atoms with Crippen LogP contribution in [0.5, 0.6) is 0 Å². The van der Waals surface area contributed by atoms with Gasteiger partial charge in [-0.2, -0.15) is 23.5 Å². The Hall–Kier alpha value is -3.16. The average Bonchev–Trinajstić information content (AvgIpc) is 3.36. The van der Waals surface area contributed by atoms with Gasteiger partial charge in [-0.3, -0.25) is 14.8 Å². The second kappa shape index (κ2) is 6.43. The lowest BCUT2D eigenvalue weighted by molar-refractivity contribution is -0.140. The Bertz CT molecular complexity index is 1010. The summed E-state index contributed by atoms with van der Waals surface area (Å²) in [6.07, 6.45) is -2.46. The number of carbonyl (C=O) groups excluding carboxylic acids is 1. The van der Waals surface area contributed by atoms with Crippen LogP contribution in [0.4, 0.5) is 27.6 Å². The van der Waals surface area contributed by atoms with E-state index in [-0.39, 0.29) is 24.1 Å². The third kappa shape index (κ3) is 3.18. The minimum absolute atomic E-state index is 0.131. The van der Waals surface area contributed by atoms with E-state index >= 15 is 0 Å². The maximum absolute atomic E-state index is 13.7. The Morgan fingerprint density at radius 3 is 2.76 bits per heavy atom. The number of carbonyl (C=O) groups is 1. The van der Waals surface area contributed by atoms with Crippen LogP contribution in [0, 0.1) is 11.5 Å². The predicted octanol–water partition coefficient (Wildman–Crippen LogP) is 3.18. The number of rotatable bonds is 2. The summed E-state index contributed by atoms with van der Waals surface area (Å²) < 4.78 is 67.1. The van der Waals surface area contributed by atoms with Crippen LogP contribution in [0.3, 0.4) is 0 Å². The Labute approximate surface area is 161 Å². The lowest BCUT2D eigenvalue weighted by atomic mass is 9.98. The first kappa shape index (κ1) is 19.2. The highest BCUT2D eigenvalue weighted by Gasteiger charge is 2.50. The van der Waals surface area contributed by atoms with Gasteiger partial charge < -0.3 is 4.90 Å². The van der Waals surface area contributed by atoms with Gasteiger partial charge in [-0.25, -0.2) is 8.78 Å². The van der Waals surface area contributed by atoms with Crippen molar-refractivity contribution in [3.63, 3.8) is 0 Å². The van der Waals surface area contributed by atoms with Crippen LogP contribution in [0.2, 0.25) is 0 Å². The summed E-state index contributed by atoms with van der Waals surface area (Å²) in [7, 11) is 0. The van der Waals surface area contributed by atoms with Crippen molar-refractivity contribution >= 4 is 11.6 Å². The highest BCUT2D eigenvalue weighted by molar-refractivity contribution is 6.00. The van der Waals surface area contributed by atoms with Gasteiger partial charge in [0.25, 0.3) is 11.8 Å². The third-order valence-corrected chi connectivity index (χ3v) is 5.19. The number of fused-ring (bicyclic) bond motifs is 1. The summed E-state index contributed by atoms with van der Waals surface area (Å²) in [5.41, 5.74) is -0.0137. The smallest absolute Gasteiger partial charge is 0.310 e. The van der Waals surface area contributed by atoms with Crippen LogP contribution in [0.15, 0.2) is 24.4 Å². The van der Waals surface area contributed by atoms with Gasteiger partial charge in [-0.15, -0.1) is 0 Å². The number of hydrogen-bond donors (Lipinski definition) is 1. The Balaban J connectivity index is 1.70. The van der Waals surface area contributed by atoms with E-state index in [1.54, 1.807) is 12.3 Å². The van der Waals surface area contributed by atoms with Crippen LogP contribution in [-0.4, -0.2) is 46.1 Å². The van der Waals surface area contributed by atoms with E-state index in [0.717, 1.165) is 11.1 Å². The number of hydrogen-bond acceptors (Lipinski definition) is 4. The van der Waals surface area contributed by atoms with Crippen LogP contribution < -0.4 is 4.90 Å². The quantitative estimate of drug-likeness (QED) is 0.609. The average molecular weight is 411 g/mol. The molecule has 1 unspecified atom stereocenters. The largest absolute Gasteiger partial charge is 0.433 e. The van der Waals surface area contributed by atoms with Crippen molar-refractivity contribution < 1.29 is 26.7 Å². The SMILES string of the molecule is N#CN1CC(F)(F)CC1C(=O)N1CCc2c(-c3cn[nH]c3C(F)(F)F)cccc21. The second-order valence-electron chi connectivity index (χ2n) is 7.00. The van der Waals surface area contributed by atoms with Crippen molar-refractivity contribution in [1.29, 1.82) is 5.26 Å². The monoisotopic (exact) mass is 411 g/mol. The fourth-order valence-electron chi connectivity index (χ4n) is 3.94. The Morgan fingerprint density at radius 1 is 1.31 bits per heavy atom. The zero-order valence-corrected chi connectivity index (χ0v) is 14.8. The molecule has 1 saturated heterocycles. The summed E-state index contributed by atoms with van der Waals surface area (Å²) >= 11 is 0. The van der Waals surface area contributed by atoms with E-state index in [9.17, 15) is 26.7 Å². The molecule has 29 heavy (non-hydrogen) atoms. The number of benzene rings is 1. The van der Waals surface area contributed by atoms with Crippen molar-refractivity contribution in [2.45, 2.75) is 31.0 Å². The zero-order valence-electron chi connectivity index (χ0n) is 14.8. The number of nitrogens with one attached hydrogen (secondary N) is 1. The fraction of sp³-hybridized carbons (Fsp3) is 0.389. The number of halogens is 5. The van der Waals surface area contributed by atoms with Gasteiger partial charge in [-0.05, 0) is 23.6 Å². The molecule has 1 amide bonds. The number of nitriles is 1. The summed E-state index contributed by atoms with van der Waals surface area (Å²) in [4.78, 5) is 14.9. The number of aromatic amines is 1. The van der Waals surface area contributed by atoms with Gasteiger partial charge in [0.15, 0.2) is 6.19 Å². The van der Waals surface area contributed by atoms with E-state index in [1.165, 1.54) is 17.0 Å². The van der Waals surface area contributed by atoms with Crippen LogP contribution in [-0.2, 0) is 17.4 Å². The van der Waals surface area contributed by atoms with Crippen molar-refractivity contribution in [1.82, 2.24) is 15.1 Å². The Kier molecular flexibility index (Phi) is 4.25. The molecule has 0 aliphatic carbocycles. The molecule has 2 aliphatic heterocycles. The highest BCUT2D eigenvalue weighted by atomic mass is 19.4. The van der Waals surface area contributed by atoms with Gasteiger partial charge in [0.1, 0.15) is 11.7 Å². The molecule has 2 aliphatic rings. The van der Waals surface area contributed by atoms with Crippen molar-refractivity contribution in [2.75, 3.05) is 18.0 Å². The number of H-pyrrole nitrogens is 1. The van der Waals surface area contributed by atoms with Gasteiger partial charge in [-0.1, -0.05) is 12.1 Å². The van der Waals surface area contributed by atoms with Gasteiger partial charge in [0.2, 0.25) is 0 Å². The summed E-state index contributed by atoms with van der Waals surface area (Å²) in [5.74, 6) is -3.82. The van der Waals surface area contributed by atoms with Crippen molar-refractivity contribution in [3.8, 4) is 17.3 Å². The van der Waals surface area contributed by atoms with Crippen LogP contribution in [0.1, 0.15) is 17.7 Å². The molecule has 1 N–H and O–H groups in total. The molecular weight excluding hydrogens is 397 g/mol. The molecule has 2 aromatic rings. The normalized spacial score (nSPS) is 20.6. The maximum Gasteiger partial charge on any atom is 0.433 e. The maximum atomic E-state index is 13.7. The molecule has 0 radical (unpaired) electrons. The first-order chi connectivity index (χ1) is 13.6. The molecule has 152 valence electrons. The van der Waals surface area contributed by atoms with E-state index in [4.69, 9.17) is 5.26 Å². The van der Waals surface area contributed by atoms with Crippen molar-refractivity contribution in [3.05, 3.63) is 35.7 Å². The van der Waals surface area contributed by atoms with Crippen LogP contribution >= 0.6 is 0 Å². The summed E-state index contributed by atoms with van der Waals surface area (Å²) in [5, 5.41) is 14.5. The molecule has 1 fully saturated rings. The number of aromatic nitrogens is 2. The van der Waals surface area contributed by atoms with E-state index in [2.05, 4.69) is 5.10 Å². The molecule has 4 rings (SSSR count). The predicted molar refractivity (Wildman–Crippen MR) is 90.8 cm³/mol. The third-order valence-electron chi connectivity index (χ3n) is 5.19. The van der Waals surface area contributed by atoms with Gasteiger partial charge >= 0.3 is 6.18 Å². The Morgan fingerprint density at radius 2 is 2.07 bits per heavy atom. The number of amides is 1. The standard InChI is InChI=1S/C18H14F5N5O/c19-17(20)6-14(27(8-17)9-24)16(29)28-5-4-11-10(2-1-3-13(11)28)12-7-25-26-15(12)18(21,22)23/h1-3,7,14H,4-6,8H2,(H,25,26). The molecule has 11 heteroatoms. The number of anilines is 1. The van der Waals surface area contributed by atoms with E-state index in [1.807, 2.05) is 5.10 Å². The molecule has 3 heterocycles. The molecule has 1 aromatic heterocycles. The first-order valence-corrected chi connectivity index (χ1v) is 8.71. The summed E-state index contributed by atoms with van der Waals surface area (Å²) in [6, 6.07) is 3.25. The fourth-order valence-corrected chi connectivity index (χ4v) is 3.94. The van der Waals surface area contributed by atoms with E-state index < -0.39 is 42.7 Å². The van der Waals surface area contributed by atoms with Crippen LogP contribution in [0.25, 0.3) is 11.1 Å². The lowest BCUT2D eigenvalue weighted by Gasteiger charge is -2.24. The zero-order chi connectivity index (χ0) is 21.0. The second-order valence-corrected chi connectivity index (χ2v) is 7.00. The van der Waals surface area contributed by atoms with E-state index in [0.29, 0.717) is 11.3 Å². The minimum Gasteiger partial charge on any atom is -0.310 e. The van der Waals surface area contributed by atoms with Gasteiger partial charge in [0, 0.05) is 24.2 Å².